The van der Waals surface area contributed by atoms with Gasteiger partial charge in [-0.05, 0) is 40.3 Å². The van der Waals surface area contributed by atoms with Crippen LogP contribution in [0.25, 0.3) is 6.08 Å². The lowest BCUT2D eigenvalue weighted by Crippen LogP contribution is -1.89. The summed E-state index contributed by atoms with van der Waals surface area (Å²) in [5.41, 5.74) is 1.04. The predicted octanol–water partition coefficient (Wildman–Crippen LogP) is 2.78. The monoisotopic (exact) mass is 288 g/mol. The maximum atomic E-state index is 10.2. The first-order valence-electron chi connectivity index (χ1n) is 3.82. The number of aliphatic carboxylic acids is 1. The van der Waals surface area contributed by atoms with E-state index >= 15 is 0 Å². The summed E-state index contributed by atoms with van der Waals surface area (Å²) in [5, 5.41) is 8.39. The first-order chi connectivity index (χ1) is 6.18. The predicted molar refractivity (Wildman–Crippen MR) is 60.4 cm³/mol. The Balaban J connectivity index is 2.63. The van der Waals surface area contributed by atoms with Gasteiger partial charge in [0.05, 0.1) is 6.42 Å². The fraction of sp³-hybridized carbons (Fsp3) is 0.100. The van der Waals surface area contributed by atoms with Crippen molar-refractivity contribution in [2.24, 2.45) is 0 Å². The molecule has 0 amide bonds. The third-order valence-corrected chi connectivity index (χ3v) is 2.12. The minimum atomic E-state index is -0.804. The van der Waals surface area contributed by atoms with E-state index in [1.807, 2.05) is 30.3 Å². The molecule has 0 aromatic heterocycles. The van der Waals surface area contributed by atoms with Gasteiger partial charge in [0.1, 0.15) is 0 Å². The summed E-state index contributed by atoms with van der Waals surface area (Å²) in [5.74, 6) is -0.804. The highest BCUT2D eigenvalue weighted by Crippen LogP contribution is 2.09. The smallest absolute Gasteiger partial charge is 0.307 e. The molecule has 13 heavy (non-hydrogen) atoms. The standard InChI is InChI=1S/C10H9IO2/c11-9-5-1-3-8(7-9)4-2-6-10(12)13/h1-5,7H,6H2,(H,12,13)/b4-2+. The van der Waals surface area contributed by atoms with Crippen LogP contribution in [0.4, 0.5) is 0 Å². The molecule has 0 unspecified atom stereocenters. The van der Waals surface area contributed by atoms with Crippen molar-refractivity contribution >= 4 is 34.6 Å². The van der Waals surface area contributed by atoms with Crippen LogP contribution in [0.2, 0.25) is 0 Å². The summed E-state index contributed by atoms with van der Waals surface area (Å²) in [7, 11) is 0. The highest BCUT2D eigenvalue weighted by molar-refractivity contribution is 14.1. The van der Waals surface area contributed by atoms with E-state index in [4.69, 9.17) is 5.11 Å². The van der Waals surface area contributed by atoms with Crippen molar-refractivity contribution in [1.82, 2.24) is 0 Å². The molecule has 1 aromatic rings. The van der Waals surface area contributed by atoms with Crippen LogP contribution in [0, 0.1) is 3.57 Å². The normalized spacial score (nSPS) is 10.5. The number of hydrogen-bond acceptors (Lipinski definition) is 1. The lowest BCUT2D eigenvalue weighted by atomic mass is 10.2. The molecule has 0 bridgehead atoms. The Morgan fingerprint density at radius 1 is 1.54 bits per heavy atom. The lowest BCUT2D eigenvalue weighted by Gasteiger charge is -1.93. The fourth-order valence-corrected chi connectivity index (χ4v) is 1.47. The molecule has 0 aliphatic rings. The van der Waals surface area contributed by atoms with Crippen LogP contribution in [0.15, 0.2) is 30.3 Å². The zero-order valence-corrected chi connectivity index (χ0v) is 9.06. The summed E-state index contributed by atoms with van der Waals surface area (Å²) in [4.78, 5) is 10.2. The van der Waals surface area contributed by atoms with Gasteiger partial charge in [0.15, 0.2) is 0 Å². The Bertz CT molecular complexity index is 331. The van der Waals surface area contributed by atoms with Crippen LogP contribution in [-0.2, 0) is 4.79 Å². The van der Waals surface area contributed by atoms with Crippen LogP contribution < -0.4 is 0 Å². The Morgan fingerprint density at radius 3 is 2.92 bits per heavy atom. The van der Waals surface area contributed by atoms with E-state index < -0.39 is 5.97 Å². The Labute approximate surface area is 90.4 Å². The average Bonchev–Trinajstić information content (AvgIpc) is 2.03. The molecule has 0 aliphatic carbocycles. The fourth-order valence-electron chi connectivity index (χ4n) is 0.906. The van der Waals surface area contributed by atoms with E-state index in [2.05, 4.69) is 22.6 Å². The Hall–Kier alpha value is -0.840. The van der Waals surface area contributed by atoms with E-state index in [0.29, 0.717) is 0 Å². The minimum Gasteiger partial charge on any atom is -0.481 e. The molecule has 0 atom stereocenters. The first kappa shape index (κ1) is 10.2. The van der Waals surface area contributed by atoms with Gasteiger partial charge in [0.25, 0.3) is 0 Å². The molecule has 0 heterocycles. The van der Waals surface area contributed by atoms with E-state index in [1.54, 1.807) is 6.08 Å². The van der Waals surface area contributed by atoms with Gasteiger partial charge in [-0.25, -0.2) is 0 Å². The number of benzene rings is 1. The number of carbonyl (C=O) groups is 1. The molecule has 1 aromatic carbocycles. The van der Waals surface area contributed by atoms with Crippen LogP contribution in [-0.4, -0.2) is 11.1 Å². The number of hydrogen-bond donors (Lipinski definition) is 1. The molecule has 0 spiro atoms. The molecule has 68 valence electrons. The van der Waals surface area contributed by atoms with Gasteiger partial charge in [0.2, 0.25) is 0 Å². The van der Waals surface area contributed by atoms with Crippen molar-refractivity contribution in [2.75, 3.05) is 0 Å². The molecular formula is C10H9IO2. The van der Waals surface area contributed by atoms with Crippen molar-refractivity contribution in [1.29, 1.82) is 0 Å². The van der Waals surface area contributed by atoms with E-state index in [-0.39, 0.29) is 6.42 Å². The van der Waals surface area contributed by atoms with Gasteiger partial charge in [0, 0.05) is 3.57 Å². The number of carboxylic acids is 1. The van der Waals surface area contributed by atoms with Crippen LogP contribution in [0.1, 0.15) is 12.0 Å². The van der Waals surface area contributed by atoms with Gasteiger partial charge >= 0.3 is 5.97 Å². The average molecular weight is 288 g/mol. The molecular weight excluding hydrogens is 279 g/mol. The second-order valence-electron chi connectivity index (χ2n) is 2.56. The SMILES string of the molecule is O=C(O)C/C=C/c1cccc(I)c1. The second-order valence-corrected chi connectivity index (χ2v) is 3.80. The van der Waals surface area contributed by atoms with Crippen molar-refractivity contribution in [2.45, 2.75) is 6.42 Å². The summed E-state index contributed by atoms with van der Waals surface area (Å²) in [6, 6.07) is 7.89. The summed E-state index contributed by atoms with van der Waals surface area (Å²) in [6.07, 6.45) is 3.54. The molecule has 3 heteroatoms. The topological polar surface area (TPSA) is 37.3 Å². The van der Waals surface area contributed by atoms with Crippen molar-refractivity contribution < 1.29 is 9.90 Å². The van der Waals surface area contributed by atoms with Gasteiger partial charge < -0.3 is 5.11 Å². The molecule has 1 N–H and O–H groups in total. The molecule has 1 rings (SSSR count). The van der Waals surface area contributed by atoms with Crippen LogP contribution in [0.3, 0.4) is 0 Å². The highest BCUT2D eigenvalue weighted by Gasteiger charge is 1.91. The lowest BCUT2D eigenvalue weighted by molar-refractivity contribution is -0.135. The summed E-state index contributed by atoms with van der Waals surface area (Å²) in [6.45, 7) is 0. The van der Waals surface area contributed by atoms with E-state index in [1.165, 1.54) is 0 Å². The molecule has 0 saturated carbocycles. The zero-order valence-electron chi connectivity index (χ0n) is 6.90. The van der Waals surface area contributed by atoms with Crippen LogP contribution in [0.5, 0.6) is 0 Å². The molecule has 0 fully saturated rings. The molecule has 2 nitrogen and oxygen atoms in total. The summed E-state index contributed by atoms with van der Waals surface area (Å²) >= 11 is 2.22. The Kier molecular flexibility index (Phi) is 3.95. The largest absolute Gasteiger partial charge is 0.481 e. The third-order valence-electron chi connectivity index (χ3n) is 1.45. The van der Waals surface area contributed by atoms with E-state index in [9.17, 15) is 4.79 Å². The van der Waals surface area contributed by atoms with E-state index in [0.717, 1.165) is 9.13 Å². The Morgan fingerprint density at radius 2 is 2.31 bits per heavy atom. The maximum Gasteiger partial charge on any atom is 0.307 e. The molecule has 0 radical (unpaired) electrons. The number of carboxylic acid groups (broad SMARTS) is 1. The quantitative estimate of drug-likeness (QED) is 0.868. The first-order valence-corrected chi connectivity index (χ1v) is 4.90. The highest BCUT2D eigenvalue weighted by atomic mass is 127. The zero-order chi connectivity index (χ0) is 9.68. The van der Waals surface area contributed by atoms with Gasteiger partial charge in [-0.2, -0.15) is 0 Å². The van der Waals surface area contributed by atoms with Crippen molar-refractivity contribution in [3.63, 3.8) is 0 Å². The van der Waals surface area contributed by atoms with Gasteiger partial charge in [-0.1, -0.05) is 24.3 Å². The number of rotatable bonds is 3. The van der Waals surface area contributed by atoms with Crippen molar-refractivity contribution in [3.05, 3.63) is 39.5 Å². The second kappa shape index (κ2) is 5.01. The minimum absolute atomic E-state index is 0.0749. The third kappa shape index (κ3) is 4.07. The molecule has 0 saturated heterocycles. The number of halogens is 1. The van der Waals surface area contributed by atoms with Gasteiger partial charge in [-0.3, -0.25) is 4.79 Å². The maximum absolute atomic E-state index is 10.2. The van der Waals surface area contributed by atoms with Crippen LogP contribution >= 0.6 is 22.6 Å². The molecule has 0 aliphatic heterocycles. The van der Waals surface area contributed by atoms with Crippen molar-refractivity contribution in [3.8, 4) is 0 Å². The summed E-state index contributed by atoms with van der Waals surface area (Å²) < 4.78 is 1.15. The van der Waals surface area contributed by atoms with Gasteiger partial charge in [-0.15, -0.1) is 0 Å².